The van der Waals surface area contributed by atoms with Crippen LogP contribution in [0.3, 0.4) is 0 Å². The molecule has 23 heavy (non-hydrogen) atoms. The number of fused-ring (bicyclic) bond motifs is 1. The van der Waals surface area contributed by atoms with Crippen molar-refractivity contribution in [3.05, 3.63) is 53.1 Å². The summed E-state index contributed by atoms with van der Waals surface area (Å²) in [5, 5.41) is 5.94. The van der Waals surface area contributed by atoms with E-state index in [1.807, 2.05) is 0 Å². The number of para-hydroxylation sites is 2. The number of amides is 2. The Labute approximate surface area is 138 Å². The summed E-state index contributed by atoms with van der Waals surface area (Å²) in [5.41, 5.74) is 0.145. The number of halogens is 1. The summed E-state index contributed by atoms with van der Waals surface area (Å²) in [7, 11) is 0. The molecule has 1 atom stereocenters. The van der Waals surface area contributed by atoms with Crippen LogP contribution < -0.4 is 15.4 Å². The number of benzene rings is 2. The monoisotopic (exact) mass is 330 g/mol. The molecule has 0 saturated heterocycles. The Balaban J connectivity index is 1.90. The van der Waals surface area contributed by atoms with Crippen molar-refractivity contribution in [2.24, 2.45) is 0 Å². The number of carbonyl (C=O) groups is 2. The van der Waals surface area contributed by atoms with Gasteiger partial charge in [0, 0.05) is 10.7 Å². The Morgan fingerprint density at radius 2 is 1.96 bits per heavy atom. The van der Waals surface area contributed by atoms with E-state index in [0.717, 1.165) is 5.56 Å². The fraction of sp³-hybridized carbons (Fsp3) is 0.176. The largest absolute Gasteiger partial charge is 0.466 e. The Morgan fingerprint density at radius 3 is 2.74 bits per heavy atom. The maximum absolute atomic E-state index is 12.6. The van der Waals surface area contributed by atoms with Crippen LogP contribution >= 0.6 is 11.6 Å². The van der Waals surface area contributed by atoms with Gasteiger partial charge in [0.15, 0.2) is 0 Å². The molecule has 1 heterocycles. The number of anilines is 2. The number of hydrogen-bond acceptors (Lipinski definition) is 3. The van der Waals surface area contributed by atoms with Gasteiger partial charge in [-0.3, -0.25) is 9.59 Å². The lowest BCUT2D eigenvalue weighted by molar-refractivity contribution is -0.143. The van der Waals surface area contributed by atoms with Crippen molar-refractivity contribution in [1.29, 1.82) is 0 Å². The summed E-state index contributed by atoms with van der Waals surface area (Å²) < 4.78 is 5.68. The molecule has 6 heteroatoms. The van der Waals surface area contributed by atoms with E-state index in [4.69, 9.17) is 16.3 Å². The number of hydrogen-bond donors (Lipinski definition) is 2. The smallest absolute Gasteiger partial charge is 0.278 e. The zero-order valence-corrected chi connectivity index (χ0v) is 13.4. The number of nitrogens with one attached hydrogen (secondary N) is 2. The molecule has 0 saturated carbocycles. The minimum atomic E-state index is -1.66. The molecular formula is C17H15ClN2O3. The molecular weight excluding hydrogens is 316 g/mol. The normalized spacial score (nSPS) is 19.3. The maximum Gasteiger partial charge on any atom is 0.278 e. The predicted molar refractivity (Wildman–Crippen MR) is 88.9 cm³/mol. The third-order valence-corrected chi connectivity index (χ3v) is 4.24. The molecule has 0 aliphatic carbocycles. The van der Waals surface area contributed by atoms with Gasteiger partial charge in [-0.15, -0.1) is 0 Å². The lowest BCUT2D eigenvalue weighted by atomic mass is 10.0. The SMILES string of the molecule is Cc1c(Cl)cccc1NC(=O)C1(C)Oc2ccccc2NC1=O. The van der Waals surface area contributed by atoms with Gasteiger partial charge in [-0.2, -0.15) is 0 Å². The highest BCUT2D eigenvalue weighted by atomic mass is 35.5. The first kappa shape index (κ1) is 15.4. The minimum Gasteiger partial charge on any atom is -0.466 e. The van der Waals surface area contributed by atoms with Crippen LogP contribution in [0.5, 0.6) is 5.75 Å². The van der Waals surface area contributed by atoms with Gasteiger partial charge in [-0.05, 0) is 43.7 Å². The predicted octanol–water partition coefficient (Wildman–Crippen LogP) is 3.38. The Bertz CT molecular complexity index is 806. The van der Waals surface area contributed by atoms with Gasteiger partial charge >= 0.3 is 0 Å². The second-order valence-corrected chi connectivity index (χ2v) is 5.86. The lowest BCUT2D eigenvalue weighted by Crippen LogP contribution is -2.56. The van der Waals surface area contributed by atoms with E-state index in [-0.39, 0.29) is 0 Å². The van der Waals surface area contributed by atoms with Gasteiger partial charge in [0.2, 0.25) is 0 Å². The Morgan fingerprint density at radius 1 is 1.22 bits per heavy atom. The Hall–Kier alpha value is -2.53. The third-order valence-electron chi connectivity index (χ3n) is 3.83. The van der Waals surface area contributed by atoms with Crippen molar-refractivity contribution in [3.63, 3.8) is 0 Å². The fourth-order valence-corrected chi connectivity index (χ4v) is 2.48. The third kappa shape index (κ3) is 2.64. The van der Waals surface area contributed by atoms with Gasteiger partial charge in [0.05, 0.1) is 5.69 Å². The van der Waals surface area contributed by atoms with Crippen molar-refractivity contribution in [3.8, 4) is 5.75 Å². The van der Waals surface area contributed by atoms with E-state index >= 15 is 0 Å². The molecule has 1 aliphatic rings. The molecule has 3 rings (SSSR count). The van der Waals surface area contributed by atoms with E-state index in [2.05, 4.69) is 10.6 Å². The standard InChI is InChI=1S/C17H15ClN2O3/c1-10-11(18)6-5-8-12(10)19-15(21)17(2)16(22)20-13-7-3-4-9-14(13)23-17/h3-9H,1-2H3,(H,19,21)(H,20,22). The van der Waals surface area contributed by atoms with Crippen molar-refractivity contribution in [1.82, 2.24) is 0 Å². The highest BCUT2D eigenvalue weighted by molar-refractivity contribution is 6.32. The van der Waals surface area contributed by atoms with Gasteiger partial charge in [-0.1, -0.05) is 29.8 Å². The topological polar surface area (TPSA) is 67.4 Å². The maximum atomic E-state index is 12.6. The average Bonchev–Trinajstić information content (AvgIpc) is 2.53. The number of rotatable bonds is 2. The summed E-state index contributed by atoms with van der Waals surface area (Å²) in [6.45, 7) is 3.23. The summed E-state index contributed by atoms with van der Waals surface area (Å²) in [4.78, 5) is 25.0. The van der Waals surface area contributed by atoms with Crippen LogP contribution in [0.25, 0.3) is 0 Å². The minimum absolute atomic E-state index is 0.451. The van der Waals surface area contributed by atoms with Crippen molar-refractivity contribution in [2.75, 3.05) is 10.6 Å². The average molecular weight is 331 g/mol. The molecule has 2 aromatic rings. The molecule has 5 nitrogen and oxygen atoms in total. The highest BCUT2D eigenvalue weighted by Crippen LogP contribution is 2.34. The van der Waals surface area contributed by atoms with Crippen LogP contribution in [0.1, 0.15) is 12.5 Å². The first-order chi connectivity index (χ1) is 10.9. The quantitative estimate of drug-likeness (QED) is 0.829. The van der Waals surface area contributed by atoms with E-state index < -0.39 is 17.4 Å². The summed E-state index contributed by atoms with van der Waals surface area (Å²) >= 11 is 6.05. The highest BCUT2D eigenvalue weighted by Gasteiger charge is 2.47. The Kier molecular flexibility index (Phi) is 3.74. The zero-order chi connectivity index (χ0) is 16.6. The van der Waals surface area contributed by atoms with Gasteiger partial charge in [-0.25, -0.2) is 0 Å². The molecule has 2 N–H and O–H groups in total. The van der Waals surface area contributed by atoms with Crippen LogP contribution in [0.15, 0.2) is 42.5 Å². The van der Waals surface area contributed by atoms with Crippen LogP contribution in [-0.4, -0.2) is 17.4 Å². The molecule has 2 amide bonds. The molecule has 0 fully saturated rings. The summed E-state index contributed by atoms with van der Waals surface area (Å²) in [5.74, 6) is -0.629. The van der Waals surface area contributed by atoms with Crippen LogP contribution in [0.4, 0.5) is 11.4 Å². The van der Waals surface area contributed by atoms with Crippen LogP contribution in [0.2, 0.25) is 5.02 Å². The zero-order valence-electron chi connectivity index (χ0n) is 12.6. The van der Waals surface area contributed by atoms with Crippen LogP contribution in [-0.2, 0) is 9.59 Å². The van der Waals surface area contributed by atoms with Crippen LogP contribution in [0, 0.1) is 6.92 Å². The fourth-order valence-electron chi connectivity index (χ4n) is 2.30. The van der Waals surface area contributed by atoms with Gasteiger partial charge in [0.1, 0.15) is 5.75 Å². The number of carbonyl (C=O) groups excluding carboxylic acids is 2. The first-order valence-corrected chi connectivity index (χ1v) is 7.45. The summed E-state index contributed by atoms with van der Waals surface area (Å²) in [6.07, 6.45) is 0. The second-order valence-electron chi connectivity index (χ2n) is 5.45. The molecule has 1 aliphatic heterocycles. The molecule has 2 aromatic carbocycles. The molecule has 0 spiro atoms. The van der Waals surface area contributed by atoms with E-state index in [1.54, 1.807) is 49.4 Å². The lowest BCUT2D eigenvalue weighted by Gasteiger charge is -2.33. The molecule has 0 bridgehead atoms. The number of ether oxygens (including phenoxy) is 1. The molecule has 0 aromatic heterocycles. The van der Waals surface area contributed by atoms with Gasteiger partial charge < -0.3 is 15.4 Å². The molecule has 0 radical (unpaired) electrons. The summed E-state index contributed by atoms with van der Waals surface area (Å²) in [6, 6.07) is 12.1. The van der Waals surface area contributed by atoms with Crippen molar-refractivity contribution >= 4 is 34.8 Å². The van der Waals surface area contributed by atoms with Crippen molar-refractivity contribution < 1.29 is 14.3 Å². The van der Waals surface area contributed by atoms with E-state index in [1.165, 1.54) is 6.92 Å². The van der Waals surface area contributed by atoms with E-state index in [9.17, 15) is 9.59 Å². The molecule has 1 unspecified atom stereocenters. The first-order valence-electron chi connectivity index (χ1n) is 7.08. The second kappa shape index (κ2) is 5.59. The molecule has 118 valence electrons. The van der Waals surface area contributed by atoms with E-state index in [0.29, 0.717) is 22.1 Å². The van der Waals surface area contributed by atoms with Crippen molar-refractivity contribution in [2.45, 2.75) is 19.4 Å². The van der Waals surface area contributed by atoms with Gasteiger partial charge in [0.25, 0.3) is 17.4 Å².